The molecule has 0 radical (unpaired) electrons. The van der Waals surface area contributed by atoms with Crippen molar-refractivity contribution < 1.29 is 35.5 Å². The molecule has 0 saturated carbocycles. The summed E-state index contributed by atoms with van der Waals surface area (Å²) >= 11 is 0. The number of aromatic nitrogens is 1. The van der Waals surface area contributed by atoms with Crippen LogP contribution in [0, 0.1) is 5.82 Å². The average molecular weight is 534 g/mol. The molecule has 0 atom stereocenters. The van der Waals surface area contributed by atoms with Crippen LogP contribution in [0.5, 0.6) is 11.5 Å². The molecule has 0 bridgehead atoms. The standard InChI is InChI=1S/C25H18F4N2O5S/c26-19-6-4-15(5-7-19)12-31(37(33,34)20-3-1-2-18(10-20)25(27,28)29)13-17-8-16-9-22-23(36-14-35-22)11-21(16)30-24(17)32/h1-11H,12-14H2,(H,30,32). The molecule has 0 unspecified atom stereocenters. The fraction of sp³-hybridized carbons (Fsp3) is 0.160. The highest BCUT2D eigenvalue weighted by Gasteiger charge is 2.33. The van der Waals surface area contributed by atoms with Gasteiger partial charge in [0.2, 0.25) is 16.8 Å². The number of nitrogens with zero attached hydrogens (tertiary/aromatic N) is 1. The molecule has 1 aliphatic heterocycles. The van der Waals surface area contributed by atoms with Gasteiger partial charge in [0.25, 0.3) is 5.56 Å². The first-order valence-electron chi connectivity index (χ1n) is 10.9. The maximum Gasteiger partial charge on any atom is 0.416 e. The van der Waals surface area contributed by atoms with Gasteiger partial charge in [-0.3, -0.25) is 4.79 Å². The zero-order valence-electron chi connectivity index (χ0n) is 18.9. The number of hydrogen-bond acceptors (Lipinski definition) is 5. The molecule has 7 nitrogen and oxygen atoms in total. The first-order valence-corrected chi connectivity index (χ1v) is 12.3. The van der Waals surface area contributed by atoms with E-state index < -0.39 is 44.6 Å². The number of fused-ring (bicyclic) bond motifs is 2. The summed E-state index contributed by atoms with van der Waals surface area (Å²) in [5, 5.41) is 0.539. The van der Waals surface area contributed by atoms with Crippen molar-refractivity contribution in [2.24, 2.45) is 0 Å². The van der Waals surface area contributed by atoms with Crippen LogP contribution in [0.2, 0.25) is 0 Å². The van der Waals surface area contributed by atoms with E-state index in [0.29, 0.717) is 34.0 Å². The summed E-state index contributed by atoms with van der Waals surface area (Å²) in [6.07, 6.45) is -4.76. The predicted octanol–water partition coefficient (Wildman–Crippen LogP) is 4.81. The van der Waals surface area contributed by atoms with Crippen molar-refractivity contribution in [3.05, 3.63) is 99.6 Å². The van der Waals surface area contributed by atoms with Gasteiger partial charge in [0.1, 0.15) is 5.82 Å². The van der Waals surface area contributed by atoms with Gasteiger partial charge in [0, 0.05) is 30.1 Å². The lowest BCUT2D eigenvalue weighted by Crippen LogP contribution is -2.32. The fourth-order valence-electron chi connectivity index (χ4n) is 3.95. The third-order valence-corrected chi connectivity index (χ3v) is 7.62. The van der Waals surface area contributed by atoms with E-state index in [1.165, 1.54) is 18.2 Å². The van der Waals surface area contributed by atoms with Crippen LogP contribution in [0.3, 0.4) is 0 Å². The third kappa shape index (κ3) is 5.02. The zero-order chi connectivity index (χ0) is 26.4. The number of hydrogen-bond donors (Lipinski definition) is 1. The zero-order valence-corrected chi connectivity index (χ0v) is 19.7. The molecule has 0 saturated heterocycles. The number of ether oxygens (including phenoxy) is 2. The largest absolute Gasteiger partial charge is 0.454 e. The monoisotopic (exact) mass is 534 g/mol. The van der Waals surface area contributed by atoms with Gasteiger partial charge in [-0.2, -0.15) is 17.5 Å². The minimum Gasteiger partial charge on any atom is -0.454 e. The van der Waals surface area contributed by atoms with Gasteiger partial charge in [0.15, 0.2) is 11.5 Å². The molecule has 1 N–H and O–H groups in total. The second-order valence-electron chi connectivity index (χ2n) is 8.34. The minimum atomic E-state index is -4.76. The van der Waals surface area contributed by atoms with Crippen LogP contribution in [-0.4, -0.2) is 24.5 Å². The van der Waals surface area contributed by atoms with Crippen molar-refractivity contribution in [3.8, 4) is 11.5 Å². The molecule has 0 amide bonds. The molecule has 1 aliphatic rings. The van der Waals surface area contributed by atoms with Gasteiger partial charge >= 0.3 is 6.18 Å². The van der Waals surface area contributed by atoms with Crippen LogP contribution in [-0.2, 0) is 29.3 Å². The molecule has 4 aromatic rings. The van der Waals surface area contributed by atoms with E-state index >= 15 is 0 Å². The summed E-state index contributed by atoms with van der Waals surface area (Å²) in [5.74, 6) is 0.354. The van der Waals surface area contributed by atoms with Crippen LogP contribution < -0.4 is 15.0 Å². The SMILES string of the molecule is O=c1[nH]c2cc3c(cc2cc1CN(Cc1ccc(F)cc1)S(=O)(=O)c1cccc(C(F)(F)F)c1)OCO3. The van der Waals surface area contributed by atoms with Crippen molar-refractivity contribution in [1.29, 1.82) is 0 Å². The quantitative estimate of drug-likeness (QED) is 0.359. The maximum absolute atomic E-state index is 13.6. The van der Waals surface area contributed by atoms with Crippen molar-refractivity contribution in [1.82, 2.24) is 9.29 Å². The molecule has 37 heavy (non-hydrogen) atoms. The highest BCUT2D eigenvalue weighted by Crippen LogP contribution is 2.36. The Labute approximate surface area is 207 Å². The summed E-state index contributed by atoms with van der Waals surface area (Å²) in [6, 6.07) is 13.0. The Kier molecular flexibility index (Phi) is 6.16. The third-order valence-electron chi connectivity index (χ3n) is 5.83. The van der Waals surface area contributed by atoms with E-state index in [2.05, 4.69) is 4.98 Å². The van der Waals surface area contributed by atoms with Crippen LogP contribution >= 0.6 is 0 Å². The van der Waals surface area contributed by atoms with E-state index in [1.54, 1.807) is 12.1 Å². The van der Waals surface area contributed by atoms with Gasteiger partial charge < -0.3 is 14.5 Å². The Bertz CT molecular complexity index is 1650. The Hall–Kier alpha value is -3.90. The summed E-state index contributed by atoms with van der Waals surface area (Å²) in [7, 11) is -4.53. The van der Waals surface area contributed by atoms with Gasteiger partial charge in [-0.15, -0.1) is 0 Å². The number of halogens is 4. The number of rotatable bonds is 6. The van der Waals surface area contributed by atoms with Crippen molar-refractivity contribution in [2.75, 3.05) is 6.79 Å². The minimum absolute atomic E-state index is 0.0173. The molecule has 0 fully saturated rings. The first kappa shape index (κ1) is 24.8. The van der Waals surface area contributed by atoms with E-state index in [4.69, 9.17) is 9.47 Å². The summed E-state index contributed by atoms with van der Waals surface area (Å²) in [4.78, 5) is 14.9. The first-order chi connectivity index (χ1) is 17.5. The molecular formula is C25H18F4N2O5S. The molecule has 2 heterocycles. The Morgan fingerprint density at radius 2 is 1.62 bits per heavy atom. The number of pyridine rings is 1. The Morgan fingerprint density at radius 1 is 0.919 bits per heavy atom. The molecule has 0 aliphatic carbocycles. The van der Waals surface area contributed by atoms with Gasteiger partial charge in [-0.25, -0.2) is 12.8 Å². The molecule has 5 rings (SSSR count). The average Bonchev–Trinajstić information content (AvgIpc) is 3.30. The number of benzene rings is 3. The summed E-state index contributed by atoms with van der Waals surface area (Å²) in [5.41, 5.74) is -0.866. The second kappa shape index (κ2) is 9.20. The maximum atomic E-state index is 13.6. The summed E-state index contributed by atoms with van der Waals surface area (Å²) < 4.78 is 91.9. The van der Waals surface area contributed by atoms with Gasteiger partial charge in [0.05, 0.1) is 16.0 Å². The smallest absolute Gasteiger partial charge is 0.416 e. The number of nitrogens with one attached hydrogen (secondary N) is 1. The van der Waals surface area contributed by atoms with E-state index in [1.807, 2.05) is 0 Å². The van der Waals surface area contributed by atoms with Crippen LogP contribution in [0.4, 0.5) is 17.6 Å². The number of sulfonamides is 1. The molecular weight excluding hydrogens is 516 g/mol. The second-order valence-corrected chi connectivity index (χ2v) is 10.3. The van der Waals surface area contributed by atoms with Gasteiger partial charge in [-0.05, 0) is 48.0 Å². The topological polar surface area (TPSA) is 88.7 Å². The van der Waals surface area contributed by atoms with Crippen LogP contribution in [0.15, 0.2) is 76.4 Å². The Morgan fingerprint density at radius 3 is 2.32 bits per heavy atom. The number of H-pyrrole nitrogens is 1. The Balaban J connectivity index is 1.57. The van der Waals surface area contributed by atoms with Crippen molar-refractivity contribution in [3.63, 3.8) is 0 Å². The highest BCUT2D eigenvalue weighted by molar-refractivity contribution is 7.89. The number of alkyl halides is 3. The molecule has 0 spiro atoms. The predicted molar refractivity (Wildman–Crippen MR) is 125 cm³/mol. The molecule has 1 aromatic heterocycles. The lowest BCUT2D eigenvalue weighted by molar-refractivity contribution is -0.137. The summed E-state index contributed by atoms with van der Waals surface area (Å²) in [6.45, 7) is -0.767. The number of aromatic amines is 1. The van der Waals surface area contributed by atoms with E-state index in [9.17, 15) is 30.8 Å². The van der Waals surface area contributed by atoms with Crippen molar-refractivity contribution >= 4 is 20.9 Å². The normalized spacial score (nSPS) is 13.4. The van der Waals surface area contributed by atoms with E-state index in [0.717, 1.165) is 34.6 Å². The van der Waals surface area contributed by atoms with E-state index in [-0.39, 0.29) is 18.9 Å². The lowest BCUT2D eigenvalue weighted by atomic mass is 10.1. The lowest BCUT2D eigenvalue weighted by Gasteiger charge is -2.23. The molecule has 12 heteroatoms. The molecule has 3 aromatic carbocycles. The van der Waals surface area contributed by atoms with Crippen LogP contribution in [0.1, 0.15) is 16.7 Å². The fourth-order valence-corrected chi connectivity index (χ4v) is 5.40. The highest BCUT2D eigenvalue weighted by atomic mass is 32.2. The van der Waals surface area contributed by atoms with Crippen LogP contribution in [0.25, 0.3) is 10.9 Å². The van der Waals surface area contributed by atoms with Gasteiger partial charge in [-0.1, -0.05) is 18.2 Å². The van der Waals surface area contributed by atoms with Crippen molar-refractivity contribution in [2.45, 2.75) is 24.2 Å². The molecule has 192 valence electrons.